The van der Waals surface area contributed by atoms with Crippen molar-refractivity contribution >= 4 is 28.0 Å². The highest BCUT2D eigenvalue weighted by molar-refractivity contribution is 7.85. The van der Waals surface area contributed by atoms with Crippen molar-refractivity contribution in [2.75, 3.05) is 33.6 Å². The maximum atomic E-state index is 12.9. The molecule has 0 bridgehead atoms. The van der Waals surface area contributed by atoms with Crippen molar-refractivity contribution in [3.8, 4) is 17.4 Å². The van der Waals surface area contributed by atoms with Crippen LogP contribution in [0.25, 0.3) is 0 Å². The molecule has 11 nitrogen and oxygen atoms in total. The summed E-state index contributed by atoms with van der Waals surface area (Å²) in [5, 5.41) is 1.97. The van der Waals surface area contributed by atoms with Gasteiger partial charge in [0.1, 0.15) is 16.5 Å². The number of hydrogen-bond donors (Lipinski definition) is 2. The Morgan fingerprint density at radius 1 is 1.18 bits per heavy atom. The summed E-state index contributed by atoms with van der Waals surface area (Å²) in [7, 11) is -2.89. The number of methoxy groups -OCH3 is 1. The lowest BCUT2D eigenvalue weighted by Crippen LogP contribution is -2.35. The molecule has 0 unspecified atom stereocenters. The maximum absolute atomic E-state index is 12.9. The molecular formula is C23H29ClF3N3O8S. The molecule has 0 saturated heterocycles. The molecule has 39 heavy (non-hydrogen) atoms. The Morgan fingerprint density at radius 2 is 1.92 bits per heavy atom. The van der Waals surface area contributed by atoms with Gasteiger partial charge in [0, 0.05) is 32.5 Å². The molecule has 2 aromatic rings. The Balaban J connectivity index is 1.99. The number of carbonyl (C=O) groups excluding carboxylic acids is 1. The fourth-order valence-corrected chi connectivity index (χ4v) is 3.76. The molecule has 1 aromatic heterocycles. The van der Waals surface area contributed by atoms with Gasteiger partial charge in [0.05, 0.1) is 18.3 Å². The van der Waals surface area contributed by atoms with Gasteiger partial charge in [-0.05, 0) is 44.4 Å². The molecule has 0 spiro atoms. The zero-order valence-electron chi connectivity index (χ0n) is 21.3. The van der Waals surface area contributed by atoms with E-state index in [2.05, 4.69) is 19.2 Å². The van der Waals surface area contributed by atoms with E-state index in [1.165, 1.54) is 13.2 Å². The normalized spacial score (nSPS) is 11.9. The van der Waals surface area contributed by atoms with Crippen LogP contribution >= 0.6 is 11.6 Å². The Labute approximate surface area is 229 Å². The second-order valence-corrected chi connectivity index (χ2v) is 9.87. The quantitative estimate of drug-likeness (QED) is 0.225. The fraction of sp³-hybridized carbons (Fsp3) is 0.478. The number of hydrogen-bond acceptors (Lipinski definition) is 9. The van der Waals surface area contributed by atoms with Crippen LogP contribution in [0.15, 0.2) is 30.5 Å². The van der Waals surface area contributed by atoms with E-state index in [-0.39, 0.29) is 49.2 Å². The number of nitrogens with zero attached hydrogens (tertiary/aromatic N) is 1. The van der Waals surface area contributed by atoms with E-state index < -0.39 is 28.1 Å². The van der Waals surface area contributed by atoms with Gasteiger partial charge in [-0.2, -0.15) is 26.3 Å². The molecule has 0 atom stereocenters. The summed E-state index contributed by atoms with van der Waals surface area (Å²) in [5.41, 5.74) is -0.455. The van der Waals surface area contributed by atoms with Crippen molar-refractivity contribution in [2.24, 2.45) is 0 Å². The molecule has 0 aliphatic heterocycles. The van der Waals surface area contributed by atoms with Crippen LogP contribution in [-0.2, 0) is 36.6 Å². The predicted octanol–water partition coefficient (Wildman–Crippen LogP) is 4.45. The lowest BCUT2D eigenvalue weighted by molar-refractivity contribution is -0.137. The van der Waals surface area contributed by atoms with E-state index in [1.54, 1.807) is 26.0 Å². The number of halogens is 4. The highest BCUT2D eigenvalue weighted by Crippen LogP contribution is 2.36. The molecule has 2 rings (SSSR count). The van der Waals surface area contributed by atoms with Gasteiger partial charge in [-0.3, -0.25) is 0 Å². The Bertz CT molecular complexity index is 1200. The monoisotopic (exact) mass is 599 g/mol. The first-order valence-electron chi connectivity index (χ1n) is 11.5. The standard InChI is InChI=1S/C23H29ClF3N3O8S/c1-15(2)35-10-9-30-39(32,33)38-22(31)28-8-4-5-16-6-7-18(36-14-34-3)12-20(16)37-21-19(24)11-17(13-29-21)23(25,26)27/h6-7,11-13,15,30H,4-5,8-10,14H2,1-3H3,(H,28,31). The van der Waals surface area contributed by atoms with Gasteiger partial charge < -0.3 is 28.4 Å². The van der Waals surface area contributed by atoms with Crippen molar-refractivity contribution in [1.82, 2.24) is 15.0 Å². The molecule has 1 amide bonds. The minimum Gasteiger partial charge on any atom is -0.467 e. The predicted molar refractivity (Wildman–Crippen MR) is 134 cm³/mol. The second kappa shape index (κ2) is 15.1. The van der Waals surface area contributed by atoms with Crippen LogP contribution in [0.5, 0.6) is 17.4 Å². The first-order valence-corrected chi connectivity index (χ1v) is 13.3. The van der Waals surface area contributed by atoms with Crippen molar-refractivity contribution in [2.45, 2.75) is 39.0 Å². The van der Waals surface area contributed by atoms with Crippen LogP contribution in [-0.4, -0.2) is 59.2 Å². The number of amides is 1. The van der Waals surface area contributed by atoms with Crippen LogP contribution in [0, 0.1) is 0 Å². The Kier molecular flexibility index (Phi) is 12.5. The number of alkyl halides is 3. The fourth-order valence-electron chi connectivity index (χ4n) is 2.90. The average molecular weight is 600 g/mol. The largest absolute Gasteiger partial charge is 0.467 e. The lowest BCUT2D eigenvalue weighted by Gasteiger charge is -2.15. The number of rotatable bonds is 15. The topological polar surface area (TPSA) is 134 Å². The third kappa shape index (κ3) is 11.8. The summed E-state index contributed by atoms with van der Waals surface area (Å²) in [6.07, 6.45) is -4.67. The van der Waals surface area contributed by atoms with Gasteiger partial charge in [0.15, 0.2) is 6.79 Å². The van der Waals surface area contributed by atoms with E-state index in [0.717, 1.165) is 0 Å². The van der Waals surface area contributed by atoms with Crippen LogP contribution < -0.4 is 19.5 Å². The summed E-state index contributed by atoms with van der Waals surface area (Å²) in [5.74, 6) is 0.278. The van der Waals surface area contributed by atoms with Gasteiger partial charge >= 0.3 is 22.6 Å². The highest BCUT2D eigenvalue weighted by Gasteiger charge is 2.32. The smallest absolute Gasteiger partial charge is 0.423 e. The van der Waals surface area contributed by atoms with E-state index in [0.29, 0.717) is 36.4 Å². The molecule has 2 N–H and O–H groups in total. The summed E-state index contributed by atoms with van der Waals surface area (Å²) in [6.45, 7) is 3.58. The molecular weight excluding hydrogens is 571 g/mol. The first kappa shape index (κ1) is 32.4. The average Bonchev–Trinajstić information content (AvgIpc) is 2.84. The number of ether oxygens (including phenoxy) is 4. The molecule has 218 valence electrons. The number of carbonyl (C=O) groups is 1. The molecule has 0 saturated carbocycles. The summed E-state index contributed by atoms with van der Waals surface area (Å²) in [4.78, 5) is 15.5. The molecule has 1 aromatic carbocycles. The summed E-state index contributed by atoms with van der Waals surface area (Å²) < 4.78 is 90.0. The maximum Gasteiger partial charge on any atom is 0.423 e. The zero-order valence-corrected chi connectivity index (χ0v) is 22.9. The van der Waals surface area contributed by atoms with Gasteiger partial charge in [0.2, 0.25) is 5.88 Å². The number of nitrogens with one attached hydrogen (secondary N) is 2. The van der Waals surface area contributed by atoms with Gasteiger partial charge in [-0.25, -0.2) is 9.78 Å². The van der Waals surface area contributed by atoms with Gasteiger partial charge in [-0.1, -0.05) is 17.7 Å². The van der Waals surface area contributed by atoms with Crippen LogP contribution in [0.1, 0.15) is 31.4 Å². The number of benzene rings is 1. The van der Waals surface area contributed by atoms with Crippen LogP contribution in [0.4, 0.5) is 18.0 Å². The van der Waals surface area contributed by atoms with Crippen molar-refractivity contribution in [3.63, 3.8) is 0 Å². The molecule has 1 heterocycles. The van der Waals surface area contributed by atoms with Gasteiger partial charge in [-0.15, -0.1) is 0 Å². The number of pyridine rings is 1. The third-order valence-electron chi connectivity index (χ3n) is 4.63. The van der Waals surface area contributed by atoms with Crippen molar-refractivity contribution in [1.29, 1.82) is 0 Å². The SMILES string of the molecule is COCOc1ccc(CCCNC(=O)OS(=O)(=O)NCCOC(C)C)c(Oc2ncc(C(F)(F)F)cc2Cl)c1. The van der Waals surface area contributed by atoms with E-state index >= 15 is 0 Å². The summed E-state index contributed by atoms with van der Waals surface area (Å²) in [6, 6.07) is 5.44. The minimum absolute atomic E-state index is 0.0332. The molecule has 16 heteroatoms. The van der Waals surface area contributed by atoms with Crippen molar-refractivity contribution in [3.05, 3.63) is 46.6 Å². The Morgan fingerprint density at radius 3 is 2.56 bits per heavy atom. The third-order valence-corrected chi connectivity index (χ3v) is 5.83. The molecule has 0 aliphatic rings. The summed E-state index contributed by atoms with van der Waals surface area (Å²) >= 11 is 5.97. The zero-order chi connectivity index (χ0) is 29.1. The number of aryl methyl sites for hydroxylation is 1. The van der Waals surface area contributed by atoms with E-state index in [1.807, 2.05) is 0 Å². The molecule has 0 radical (unpaired) electrons. The van der Waals surface area contributed by atoms with Crippen molar-refractivity contribution < 1.29 is 49.5 Å². The number of aromatic nitrogens is 1. The van der Waals surface area contributed by atoms with Crippen LogP contribution in [0.3, 0.4) is 0 Å². The second-order valence-electron chi connectivity index (χ2n) is 8.10. The first-order chi connectivity index (χ1) is 18.3. The van der Waals surface area contributed by atoms with Gasteiger partial charge in [0.25, 0.3) is 0 Å². The molecule has 0 fully saturated rings. The minimum atomic E-state index is -4.63. The highest BCUT2D eigenvalue weighted by atomic mass is 35.5. The van der Waals surface area contributed by atoms with Crippen LogP contribution in [0.2, 0.25) is 5.02 Å². The lowest BCUT2D eigenvalue weighted by atomic mass is 10.1. The Hall–Kier alpha value is -2.85. The van der Waals surface area contributed by atoms with E-state index in [9.17, 15) is 26.4 Å². The van der Waals surface area contributed by atoms with E-state index in [4.69, 9.17) is 30.5 Å². The molecule has 0 aliphatic carbocycles.